The van der Waals surface area contributed by atoms with Gasteiger partial charge in [0.15, 0.2) is 0 Å². The Bertz CT molecular complexity index is 668. The molecule has 6 nitrogen and oxygen atoms in total. The van der Waals surface area contributed by atoms with Crippen molar-refractivity contribution in [2.45, 2.75) is 40.2 Å². The molecule has 0 bridgehead atoms. The first kappa shape index (κ1) is 14.5. The normalized spacial score (nSPS) is 10.8. The molecule has 0 spiro atoms. The summed E-state index contributed by atoms with van der Waals surface area (Å²) in [5.41, 5.74) is 1.91. The Labute approximate surface area is 120 Å². The smallest absolute Gasteiger partial charge is 0.267 e. The van der Waals surface area contributed by atoms with Crippen molar-refractivity contribution >= 4 is 17.2 Å². The number of hydrogen-bond acceptors (Lipinski definition) is 4. The van der Waals surface area contributed by atoms with Gasteiger partial charge in [-0.05, 0) is 20.3 Å². The predicted molar refractivity (Wildman–Crippen MR) is 77.9 cm³/mol. The van der Waals surface area contributed by atoms with Crippen LogP contribution in [-0.4, -0.2) is 21.1 Å². The van der Waals surface area contributed by atoms with Crippen molar-refractivity contribution in [3.05, 3.63) is 37.2 Å². The summed E-state index contributed by atoms with van der Waals surface area (Å²) in [7, 11) is 0. The highest BCUT2D eigenvalue weighted by atomic mass is 32.1. The zero-order chi connectivity index (χ0) is 14.7. The summed E-state index contributed by atoms with van der Waals surface area (Å²) < 4.78 is 0. The fraction of sp³-hybridized carbons (Fsp3) is 0.462. The molecule has 0 aliphatic rings. The zero-order valence-electron chi connectivity index (χ0n) is 11.8. The second kappa shape index (κ2) is 6.04. The van der Waals surface area contributed by atoms with Gasteiger partial charge < -0.3 is 10.4 Å². The van der Waals surface area contributed by atoms with Crippen LogP contribution < -0.4 is 10.9 Å². The van der Waals surface area contributed by atoms with Crippen molar-refractivity contribution in [3.8, 4) is 0 Å². The summed E-state index contributed by atoms with van der Waals surface area (Å²) in [4.78, 5) is 28.8. The SMILES string of the molecule is CCc1nc(C)c(CNC(=O)Cc2c(C)[nH][nH]c2=O)s1. The van der Waals surface area contributed by atoms with Crippen molar-refractivity contribution in [2.24, 2.45) is 0 Å². The molecule has 2 aromatic heterocycles. The molecule has 1 amide bonds. The van der Waals surface area contributed by atoms with E-state index in [9.17, 15) is 9.59 Å². The van der Waals surface area contributed by atoms with Crippen LogP contribution in [0.1, 0.15) is 33.8 Å². The van der Waals surface area contributed by atoms with Crippen LogP contribution in [0.5, 0.6) is 0 Å². The van der Waals surface area contributed by atoms with Crippen LogP contribution in [0.15, 0.2) is 4.79 Å². The van der Waals surface area contributed by atoms with Crippen LogP contribution in [0, 0.1) is 13.8 Å². The van der Waals surface area contributed by atoms with Gasteiger partial charge in [-0.25, -0.2) is 4.98 Å². The van der Waals surface area contributed by atoms with Gasteiger partial charge in [0.2, 0.25) is 5.91 Å². The lowest BCUT2D eigenvalue weighted by Gasteiger charge is -2.03. The minimum atomic E-state index is -0.236. The van der Waals surface area contributed by atoms with Gasteiger partial charge in [-0.1, -0.05) is 6.92 Å². The third-order valence-corrected chi connectivity index (χ3v) is 4.41. The zero-order valence-corrected chi connectivity index (χ0v) is 12.6. The highest BCUT2D eigenvalue weighted by Crippen LogP contribution is 2.18. The van der Waals surface area contributed by atoms with Gasteiger partial charge in [0.05, 0.1) is 23.7 Å². The molecule has 2 heterocycles. The summed E-state index contributed by atoms with van der Waals surface area (Å²) in [6, 6.07) is 0. The molecule has 2 aromatic rings. The van der Waals surface area contributed by atoms with E-state index in [-0.39, 0.29) is 17.9 Å². The number of rotatable bonds is 5. The first-order valence-corrected chi connectivity index (χ1v) is 7.31. The van der Waals surface area contributed by atoms with Crippen molar-refractivity contribution in [1.29, 1.82) is 0 Å². The molecule has 2 rings (SSSR count). The quantitative estimate of drug-likeness (QED) is 0.774. The van der Waals surface area contributed by atoms with E-state index in [0.717, 1.165) is 22.0 Å². The number of hydrogen-bond donors (Lipinski definition) is 3. The van der Waals surface area contributed by atoms with Crippen molar-refractivity contribution < 1.29 is 4.79 Å². The van der Waals surface area contributed by atoms with E-state index >= 15 is 0 Å². The summed E-state index contributed by atoms with van der Waals surface area (Å²) >= 11 is 1.62. The standard InChI is InChI=1S/C13H18N4O2S/c1-4-12-15-8(3)10(20-12)6-14-11(18)5-9-7(2)16-17-13(9)19/h4-6H2,1-3H3,(H,14,18)(H2,16,17,19). The van der Waals surface area contributed by atoms with E-state index in [0.29, 0.717) is 17.8 Å². The molecule has 0 aliphatic carbocycles. The Hall–Kier alpha value is -1.89. The molecular weight excluding hydrogens is 276 g/mol. The molecule has 3 N–H and O–H groups in total. The Kier molecular flexibility index (Phi) is 4.39. The molecule has 108 valence electrons. The van der Waals surface area contributed by atoms with Gasteiger partial charge >= 0.3 is 0 Å². The van der Waals surface area contributed by atoms with Crippen LogP contribution in [-0.2, 0) is 24.2 Å². The van der Waals surface area contributed by atoms with Crippen molar-refractivity contribution in [2.75, 3.05) is 0 Å². The van der Waals surface area contributed by atoms with Crippen molar-refractivity contribution in [3.63, 3.8) is 0 Å². The minimum Gasteiger partial charge on any atom is -0.351 e. The third kappa shape index (κ3) is 3.16. The Balaban J connectivity index is 1.95. The topological polar surface area (TPSA) is 90.6 Å². The highest BCUT2D eigenvalue weighted by Gasteiger charge is 2.12. The van der Waals surface area contributed by atoms with Gasteiger partial charge in [-0.3, -0.25) is 14.7 Å². The Morgan fingerprint density at radius 2 is 2.10 bits per heavy atom. The van der Waals surface area contributed by atoms with Gasteiger partial charge in [-0.15, -0.1) is 11.3 Å². The van der Waals surface area contributed by atoms with Crippen molar-refractivity contribution in [1.82, 2.24) is 20.5 Å². The molecule has 0 atom stereocenters. The lowest BCUT2D eigenvalue weighted by atomic mass is 10.2. The maximum Gasteiger partial charge on any atom is 0.267 e. The van der Waals surface area contributed by atoms with Gasteiger partial charge in [0.1, 0.15) is 0 Å². The van der Waals surface area contributed by atoms with Gasteiger partial charge in [0.25, 0.3) is 5.56 Å². The number of carbonyl (C=O) groups excluding carboxylic acids is 1. The van der Waals surface area contributed by atoms with Crippen LogP contribution >= 0.6 is 11.3 Å². The third-order valence-electron chi connectivity index (χ3n) is 3.11. The summed E-state index contributed by atoms with van der Waals surface area (Å²) in [5, 5.41) is 9.09. The number of aryl methyl sites for hydroxylation is 3. The number of nitrogens with zero attached hydrogens (tertiary/aromatic N) is 1. The lowest BCUT2D eigenvalue weighted by molar-refractivity contribution is -0.120. The van der Waals surface area contributed by atoms with E-state index in [1.54, 1.807) is 18.3 Å². The maximum absolute atomic E-state index is 11.9. The molecule has 0 aliphatic heterocycles. The first-order chi connectivity index (χ1) is 9.51. The maximum atomic E-state index is 11.9. The molecule has 0 saturated heterocycles. The molecule has 0 unspecified atom stereocenters. The van der Waals surface area contributed by atoms with E-state index in [2.05, 4.69) is 27.4 Å². The number of aromatic nitrogens is 3. The number of aromatic amines is 2. The monoisotopic (exact) mass is 294 g/mol. The Morgan fingerprint density at radius 1 is 1.35 bits per heavy atom. The second-order valence-electron chi connectivity index (χ2n) is 4.61. The number of nitrogens with one attached hydrogen (secondary N) is 3. The molecule has 0 saturated carbocycles. The molecular formula is C13H18N4O2S. The fourth-order valence-corrected chi connectivity index (χ4v) is 2.84. The van der Waals surface area contributed by atoms with E-state index < -0.39 is 0 Å². The van der Waals surface area contributed by atoms with Gasteiger partial charge in [-0.2, -0.15) is 0 Å². The van der Waals surface area contributed by atoms with Crippen LogP contribution in [0.4, 0.5) is 0 Å². The lowest BCUT2D eigenvalue weighted by Crippen LogP contribution is -2.26. The molecule has 0 aromatic carbocycles. The first-order valence-electron chi connectivity index (χ1n) is 6.49. The summed E-state index contributed by atoms with van der Waals surface area (Å²) in [5.74, 6) is -0.163. The molecule has 7 heteroatoms. The van der Waals surface area contributed by atoms with Crippen LogP contribution in [0.25, 0.3) is 0 Å². The predicted octanol–water partition coefficient (Wildman–Crippen LogP) is 1.20. The van der Waals surface area contributed by atoms with Crippen LogP contribution in [0.2, 0.25) is 0 Å². The average Bonchev–Trinajstić information content (AvgIpc) is 2.93. The fourth-order valence-electron chi connectivity index (χ4n) is 1.89. The van der Waals surface area contributed by atoms with Gasteiger partial charge in [0, 0.05) is 16.1 Å². The van der Waals surface area contributed by atoms with Crippen LogP contribution in [0.3, 0.4) is 0 Å². The second-order valence-corrected chi connectivity index (χ2v) is 5.77. The van der Waals surface area contributed by atoms with E-state index in [1.165, 1.54) is 0 Å². The molecule has 0 radical (unpaired) electrons. The summed E-state index contributed by atoms with van der Waals surface area (Å²) in [6.45, 7) is 6.23. The Morgan fingerprint density at radius 3 is 2.65 bits per heavy atom. The minimum absolute atomic E-state index is 0.0865. The molecule has 20 heavy (non-hydrogen) atoms. The number of carbonyl (C=O) groups is 1. The largest absolute Gasteiger partial charge is 0.351 e. The number of thiazole rings is 1. The molecule has 0 fully saturated rings. The summed E-state index contributed by atoms with van der Waals surface area (Å²) in [6.07, 6.45) is 0.987. The average molecular weight is 294 g/mol. The number of amides is 1. The number of H-pyrrole nitrogens is 2. The highest BCUT2D eigenvalue weighted by molar-refractivity contribution is 7.11. The van der Waals surface area contributed by atoms with E-state index in [4.69, 9.17) is 0 Å². The van der Waals surface area contributed by atoms with E-state index in [1.807, 2.05) is 6.92 Å².